The van der Waals surface area contributed by atoms with Gasteiger partial charge in [0, 0.05) is 22.0 Å². The highest BCUT2D eigenvalue weighted by Crippen LogP contribution is 2.30. The third kappa shape index (κ3) is 5.42. The summed E-state index contributed by atoms with van der Waals surface area (Å²) in [5.74, 6) is 0.592. The molecule has 1 heterocycles. The number of amides is 1. The highest BCUT2D eigenvalue weighted by molar-refractivity contribution is 7.14. The third-order valence-electron chi connectivity index (χ3n) is 3.66. The largest absolute Gasteiger partial charge is 0.494 e. The molecule has 0 unspecified atom stereocenters. The Balaban J connectivity index is 1.59. The lowest BCUT2D eigenvalue weighted by atomic mass is 10.2. The van der Waals surface area contributed by atoms with E-state index in [1.165, 1.54) is 17.4 Å². The molecule has 3 rings (SSSR count). The van der Waals surface area contributed by atoms with Crippen LogP contribution in [0.1, 0.15) is 18.9 Å². The molecule has 3 aromatic rings. The Hall–Kier alpha value is -2.63. The first-order valence-electron chi connectivity index (χ1n) is 8.58. The first kappa shape index (κ1) is 19.1. The molecule has 0 atom stereocenters. The number of hydrogen-bond donors (Lipinski definition) is 1. The molecule has 0 radical (unpaired) electrons. The van der Waals surface area contributed by atoms with Crippen LogP contribution in [0, 0.1) is 0 Å². The van der Waals surface area contributed by atoms with Crippen LogP contribution in [0.5, 0.6) is 5.75 Å². The van der Waals surface area contributed by atoms with Crippen molar-refractivity contribution in [3.05, 3.63) is 70.6 Å². The van der Waals surface area contributed by atoms with E-state index in [1.54, 1.807) is 6.08 Å². The van der Waals surface area contributed by atoms with Gasteiger partial charge in [0.15, 0.2) is 5.13 Å². The van der Waals surface area contributed by atoms with Gasteiger partial charge in [-0.3, -0.25) is 10.1 Å². The van der Waals surface area contributed by atoms with Crippen molar-refractivity contribution in [2.45, 2.75) is 13.3 Å². The second-order valence-electron chi connectivity index (χ2n) is 5.76. The number of benzene rings is 2. The van der Waals surface area contributed by atoms with Gasteiger partial charge in [-0.2, -0.15) is 0 Å². The van der Waals surface area contributed by atoms with Gasteiger partial charge in [0.25, 0.3) is 0 Å². The minimum Gasteiger partial charge on any atom is -0.494 e. The Morgan fingerprint density at radius 1 is 1.22 bits per heavy atom. The predicted octanol–water partition coefficient (Wildman–Crippen LogP) is 5.90. The van der Waals surface area contributed by atoms with Gasteiger partial charge in [0.05, 0.1) is 12.3 Å². The SMILES string of the molecule is CCCOc1ccc(C=CC(=O)Nc2nc(-c3ccccc3Cl)cs2)cc1. The van der Waals surface area contributed by atoms with E-state index in [4.69, 9.17) is 16.3 Å². The smallest absolute Gasteiger partial charge is 0.250 e. The molecule has 1 amide bonds. The molecule has 138 valence electrons. The van der Waals surface area contributed by atoms with Crippen molar-refractivity contribution in [2.75, 3.05) is 11.9 Å². The fraction of sp³-hybridized carbons (Fsp3) is 0.143. The number of aromatic nitrogens is 1. The first-order valence-corrected chi connectivity index (χ1v) is 9.84. The van der Waals surface area contributed by atoms with Crippen LogP contribution in [0.2, 0.25) is 5.02 Å². The summed E-state index contributed by atoms with van der Waals surface area (Å²) in [5.41, 5.74) is 2.51. The maximum Gasteiger partial charge on any atom is 0.250 e. The van der Waals surface area contributed by atoms with Crippen LogP contribution in [-0.2, 0) is 4.79 Å². The average Bonchev–Trinajstić information content (AvgIpc) is 3.14. The number of anilines is 1. The fourth-order valence-corrected chi connectivity index (χ4v) is 3.28. The van der Waals surface area contributed by atoms with Crippen LogP contribution in [-0.4, -0.2) is 17.5 Å². The minimum absolute atomic E-state index is 0.235. The lowest BCUT2D eigenvalue weighted by Crippen LogP contribution is -2.07. The maximum absolute atomic E-state index is 12.1. The Labute approximate surface area is 167 Å². The quantitative estimate of drug-likeness (QED) is 0.504. The van der Waals surface area contributed by atoms with Crippen molar-refractivity contribution in [3.8, 4) is 17.0 Å². The zero-order chi connectivity index (χ0) is 19.1. The van der Waals surface area contributed by atoms with Crippen molar-refractivity contribution >= 4 is 40.1 Å². The van der Waals surface area contributed by atoms with E-state index in [1.807, 2.05) is 53.9 Å². The van der Waals surface area contributed by atoms with Crippen LogP contribution < -0.4 is 10.1 Å². The lowest BCUT2D eigenvalue weighted by Gasteiger charge is -2.04. The van der Waals surface area contributed by atoms with Crippen LogP contribution in [0.25, 0.3) is 17.3 Å². The van der Waals surface area contributed by atoms with Crippen molar-refractivity contribution in [3.63, 3.8) is 0 Å². The number of rotatable bonds is 7. The Morgan fingerprint density at radius 3 is 2.74 bits per heavy atom. The summed E-state index contributed by atoms with van der Waals surface area (Å²) in [4.78, 5) is 16.6. The highest BCUT2D eigenvalue weighted by atomic mass is 35.5. The van der Waals surface area contributed by atoms with Gasteiger partial charge in [0.1, 0.15) is 5.75 Å². The number of nitrogens with zero attached hydrogens (tertiary/aromatic N) is 1. The van der Waals surface area contributed by atoms with Crippen molar-refractivity contribution < 1.29 is 9.53 Å². The Bertz CT molecular complexity index is 935. The lowest BCUT2D eigenvalue weighted by molar-refractivity contribution is -0.111. The number of hydrogen-bond acceptors (Lipinski definition) is 4. The Kier molecular flexibility index (Phi) is 6.63. The number of carbonyl (C=O) groups excluding carboxylic acids is 1. The summed E-state index contributed by atoms with van der Waals surface area (Å²) in [6.45, 7) is 2.76. The van der Waals surface area contributed by atoms with Crippen LogP contribution in [0.3, 0.4) is 0 Å². The molecule has 0 bridgehead atoms. The Morgan fingerprint density at radius 2 is 2.00 bits per heavy atom. The second kappa shape index (κ2) is 9.35. The molecular weight excluding hydrogens is 380 g/mol. The zero-order valence-corrected chi connectivity index (χ0v) is 16.4. The van der Waals surface area contributed by atoms with Crippen LogP contribution in [0.15, 0.2) is 60.0 Å². The number of thiazole rings is 1. The van der Waals surface area contributed by atoms with E-state index in [0.717, 1.165) is 29.0 Å². The predicted molar refractivity (Wildman–Crippen MR) is 112 cm³/mol. The monoisotopic (exact) mass is 398 g/mol. The number of carbonyl (C=O) groups is 1. The van der Waals surface area contributed by atoms with Crippen LogP contribution >= 0.6 is 22.9 Å². The summed E-state index contributed by atoms with van der Waals surface area (Å²) in [5, 5.41) is 5.81. The van der Waals surface area contributed by atoms with E-state index < -0.39 is 0 Å². The topological polar surface area (TPSA) is 51.2 Å². The van der Waals surface area contributed by atoms with E-state index >= 15 is 0 Å². The minimum atomic E-state index is -0.235. The van der Waals surface area contributed by atoms with Crippen molar-refractivity contribution in [2.24, 2.45) is 0 Å². The van der Waals surface area contributed by atoms with Crippen molar-refractivity contribution in [1.82, 2.24) is 4.98 Å². The maximum atomic E-state index is 12.1. The van der Waals surface area contributed by atoms with Gasteiger partial charge in [-0.05, 0) is 36.3 Å². The molecule has 4 nitrogen and oxygen atoms in total. The zero-order valence-electron chi connectivity index (χ0n) is 14.8. The molecule has 6 heteroatoms. The van der Waals surface area contributed by atoms with Gasteiger partial charge in [-0.25, -0.2) is 4.98 Å². The average molecular weight is 399 g/mol. The molecule has 0 saturated carbocycles. The van der Waals surface area contributed by atoms with E-state index in [2.05, 4.69) is 17.2 Å². The molecule has 0 aliphatic rings. The van der Waals surface area contributed by atoms with Crippen molar-refractivity contribution in [1.29, 1.82) is 0 Å². The van der Waals surface area contributed by atoms with Gasteiger partial charge < -0.3 is 4.74 Å². The molecule has 0 fully saturated rings. The standard InChI is InChI=1S/C21H19ClN2O2S/c1-2-13-26-16-10-7-15(8-11-16)9-12-20(25)24-21-23-19(14-27-21)17-5-3-4-6-18(17)22/h3-12,14H,2,13H2,1H3,(H,23,24,25). The molecule has 0 saturated heterocycles. The molecule has 2 aromatic carbocycles. The number of nitrogens with one attached hydrogen (secondary N) is 1. The van der Waals surface area contributed by atoms with E-state index in [9.17, 15) is 4.79 Å². The number of ether oxygens (including phenoxy) is 1. The van der Waals surface area contributed by atoms with E-state index in [-0.39, 0.29) is 5.91 Å². The summed E-state index contributed by atoms with van der Waals surface area (Å²) in [6.07, 6.45) is 4.21. The van der Waals surface area contributed by atoms with Gasteiger partial charge in [-0.15, -0.1) is 11.3 Å². The molecule has 0 aliphatic heterocycles. The molecule has 0 aliphatic carbocycles. The first-order chi connectivity index (χ1) is 13.2. The molecule has 27 heavy (non-hydrogen) atoms. The molecular formula is C21H19ClN2O2S. The summed E-state index contributed by atoms with van der Waals surface area (Å²) < 4.78 is 5.54. The number of halogens is 1. The summed E-state index contributed by atoms with van der Waals surface area (Å²) >= 11 is 7.55. The molecule has 0 spiro atoms. The highest BCUT2D eigenvalue weighted by Gasteiger charge is 2.09. The van der Waals surface area contributed by atoms with Gasteiger partial charge >= 0.3 is 0 Å². The summed E-state index contributed by atoms with van der Waals surface area (Å²) in [7, 11) is 0. The van der Waals surface area contributed by atoms with Gasteiger partial charge in [-0.1, -0.05) is 48.9 Å². The molecule has 1 N–H and O–H groups in total. The fourth-order valence-electron chi connectivity index (χ4n) is 2.34. The molecule has 1 aromatic heterocycles. The van der Waals surface area contributed by atoms with Crippen LogP contribution in [0.4, 0.5) is 5.13 Å². The normalized spacial score (nSPS) is 10.9. The third-order valence-corrected chi connectivity index (χ3v) is 4.75. The second-order valence-corrected chi connectivity index (χ2v) is 7.02. The van der Waals surface area contributed by atoms with Gasteiger partial charge in [0.2, 0.25) is 5.91 Å². The summed E-state index contributed by atoms with van der Waals surface area (Å²) in [6, 6.07) is 15.1. The van der Waals surface area contributed by atoms with E-state index in [0.29, 0.717) is 16.8 Å².